The van der Waals surface area contributed by atoms with Crippen molar-refractivity contribution in [3.8, 4) is 0 Å². The Bertz CT molecular complexity index is 854. The first-order chi connectivity index (χ1) is 11.2. The molecule has 5 nitrogen and oxygen atoms in total. The number of benzene rings is 2. The van der Waals surface area contributed by atoms with E-state index in [2.05, 4.69) is 21.2 Å². The monoisotopic (exact) mass is 428 g/mol. The summed E-state index contributed by atoms with van der Waals surface area (Å²) in [4.78, 5) is 13.1. The van der Waals surface area contributed by atoms with Gasteiger partial charge in [-0.3, -0.25) is 4.79 Å². The van der Waals surface area contributed by atoms with Gasteiger partial charge in [-0.05, 0) is 48.4 Å². The van der Waals surface area contributed by atoms with Crippen LogP contribution in [0, 0.1) is 6.92 Å². The fraction of sp³-hybridized carbons (Fsp3) is 0.188. The van der Waals surface area contributed by atoms with E-state index in [1.165, 1.54) is 11.8 Å². The van der Waals surface area contributed by atoms with Gasteiger partial charge in [0.25, 0.3) is 0 Å². The third-order valence-electron chi connectivity index (χ3n) is 3.07. The van der Waals surface area contributed by atoms with Crippen LogP contribution in [0.5, 0.6) is 0 Å². The third-order valence-corrected chi connectivity index (χ3v) is 5.48. The van der Waals surface area contributed by atoms with Crippen molar-refractivity contribution in [2.75, 3.05) is 11.1 Å². The number of carbonyl (C=O) groups is 1. The molecule has 24 heavy (non-hydrogen) atoms. The number of aryl methyl sites for hydroxylation is 1. The highest BCUT2D eigenvalue weighted by Gasteiger charge is 2.08. The molecule has 0 aliphatic heterocycles. The molecule has 8 heteroatoms. The van der Waals surface area contributed by atoms with Crippen LogP contribution < -0.4 is 10.5 Å². The molecular weight excluding hydrogens is 412 g/mol. The van der Waals surface area contributed by atoms with Crippen LogP contribution >= 0.6 is 27.7 Å². The first-order valence-electron chi connectivity index (χ1n) is 7.01. The molecule has 1 amide bonds. The molecule has 0 saturated carbocycles. The zero-order chi connectivity index (χ0) is 17.7. The molecule has 2 aromatic carbocycles. The predicted octanol–water partition coefficient (Wildman–Crippen LogP) is 3.28. The number of nitrogens with one attached hydrogen (secondary N) is 1. The van der Waals surface area contributed by atoms with E-state index in [1.807, 2.05) is 25.1 Å². The highest BCUT2D eigenvalue weighted by molar-refractivity contribution is 9.10. The minimum absolute atomic E-state index is 0.157. The van der Waals surface area contributed by atoms with E-state index in [9.17, 15) is 13.2 Å². The standard InChI is InChI=1S/C16H17BrN2O3S2/c1-11-7-13(17)5-6-15(11)23-9-16(20)19-14-4-2-3-12(8-14)10-24(18,21)22/h2-8H,9-10H2,1H3,(H,19,20)(H2,18,21,22). The molecule has 0 aliphatic carbocycles. The fourth-order valence-electron chi connectivity index (χ4n) is 2.09. The maximum Gasteiger partial charge on any atom is 0.234 e. The van der Waals surface area contributed by atoms with Crippen molar-refractivity contribution >= 4 is 49.3 Å². The Kier molecular flexibility index (Phi) is 6.45. The second-order valence-corrected chi connectivity index (χ2v) is 8.80. The molecular formula is C16H17BrN2O3S2. The highest BCUT2D eigenvalue weighted by atomic mass is 79.9. The van der Waals surface area contributed by atoms with Gasteiger partial charge < -0.3 is 5.32 Å². The summed E-state index contributed by atoms with van der Waals surface area (Å²) in [6.45, 7) is 1.99. The van der Waals surface area contributed by atoms with Gasteiger partial charge in [0, 0.05) is 15.1 Å². The van der Waals surface area contributed by atoms with E-state index in [-0.39, 0.29) is 17.4 Å². The van der Waals surface area contributed by atoms with Crippen molar-refractivity contribution in [3.63, 3.8) is 0 Å². The van der Waals surface area contributed by atoms with E-state index in [0.29, 0.717) is 11.3 Å². The summed E-state index contributed by atoms with van der Waals surface area (Å²) in [5.74, 6) is -0.152. The van der Waals surface area contributed by atoms with Gasteiger partial charge in [-0.25, -0.2) is 13.6 Å². The smallest absolute Gasteiger partial charge is 0.234 e. The molecule has 0 spiro atoms. The maximum atomic E-state index is 12.1. The number of nitrogens with two attached hydrogens (primary N) is 1. The quantitative estimate of drug-likeness (QED) is 0.690. The summed E-state index contributed by atoms with van der Waals surface area (Å²) in [5.41, 5.74) is 2.18. The number of primary sulfonamides is 1. The number of sulfonamides is 1. The van der Waals surface area contributed by atoms with Crippen molar-refractivity contribution < 1.29 is 13.2 Å². The first-order valence-corrected chi connectivity index (χ1v) is 10.5. The molecule has 2 aromatic rings. The highest BCUT2D eigenvalue weighted by Crippen LogP contribution is 2.25. The van der Waals surface area contributed by atoms with Gasteiger partial charge in [0.05, 0.1) is 11.5 Å². The lowest BCUT2D eigenvalue weighted by Crippen LogP contribution is -2.16. The number of anilines is 1. The Morgan fingerprint density at radius 3 is 2.67 bits per heavy atom. The van der Waals surface area contributed by atoms with Crippen LogP contribution in [-0.4, -0.2) is 20.1 Å². The third kappa shape index (κ3) is 6.27. The number of amides is 1. The SMILES string of the molecule is Cc1cc(Br)ccc1SCC(=O)Nc1cccc(CS(N)(=O)=O)c1. The average molecular weight is 429 g/mol. The van der Waals surface area contributed by atoms with Crippen molar-refractivity contribution in [2.24, 2.45) is 5.14 Å². The van der Waals surface area contributed by atoms with Crippen LogP contribution in [0.3, 0.4) is 0 Å². The first kappa shape index (κ1) is 19.0. The zero-order valence-corrected chi connectivity index (χ0v) is 16.2. The number of thioether (sulfide) groups is 1. The largest absolute Gasteiger partial charge is 0.325 e. The summed E-state index contributed by atoms with van der Waals surface area (Å²) in [6, 6.07) is 12.5. The second-order valence-electron chi connectivity index (χ2n) is 5.25. The Labute approximate surface area is 154 Å². The predicted molar refractivity (Wildman–Crippen MR) is 101 cm³/mol. The lowest BCUT2D eigenvalue weighted by atomic mass is 10.2. The van der Waals surface area contributed by atoms with E-state index < -0.39 is 10.0 Å². The Morgan fingerprint density at radius 2 is 2.00 bits per heavy atom. The molecule has 0 aromatic heterocycles. The van der Waals surface area contributed by atoms with Crippen LogP contribution in [0.4, 0.5) is 5.69 Å². The lowest BCUT2D eigenvalue weighted by Gasteiger charge is -2.08. The van der Waals surface area contributed by atoms with Gasteiger partial charge in [0.1, 0.15) is 0 Å². The maximum absolute atomic E-state index is 12.1. The number of hydrogen-bond acceptors (Lipinski definition) is 4. The normalized spacial score (nSPS) is 11.3. The topological polar surface area (TPSA) is 89.3 Å². The Morgan fingerprint density at radius 1 is 1.25 bits per heavy atom. The molecule has 3 N–H and O–H groups in total. The molecule has 0 aliphatic rings. The van der Waals surface area contributed by atoms with Crippen LogP contribution in [0.1, 0.15) is 11.1 Å². The minimum Gasteiger partial charge on any atom is -0.325 e. The second kappa shape index (κ2) is 8.15. The fourth-order valence-corrected chi connectivity index (χ4v) is 4.02. The van der Waals surface area contributed by atoms with Gasteiger partial charge in [-0.2, -0.15) is 0 Å². The molecule has 0 heterocycles. The van der Waals surface area contributed by atoms with Crippen LogP contribution in [0.2, 0.25) is 0 Å². The molecule has 0 atom stereocenters. The average Bonchev–Trinajstić information content (AvgIpc) is 2.45. The molecule has 0 bridgehead atoms. The van der Waals surface area contributed by atoms with E-state index in [0.717, 1.165) is 14.9 Å². The van der Waals surface area contributed by atoms with Crippen LogP contribution in [0.25, 0.3) is 0 Å². The van der Waals surface area contributed by atoms with E-state index in [1.54, 1.807) is 24.3 Å². The molecule has 0 radical (unpaired) electrons. The number of carbonyl (C=O) groups excluding carboxylic acids is 1. The molecule has 128 valence electrons. The van der Waals surface area contributed by atoms with Crippen molar-refractivity contribution in [3.05, 3.63) is 58.1 Å². The van der Waals surface area contributed by atoms with Gasteiger partial charge in [-0.15, -0.1) is 11.8 Å². The van der Waals surface area contributed by atoms with Gasteiger partial charge in [0.2, 0.25) is 15.9 Å². The molecule has 0 fully saturated rings. The molecule has 0 saturated heterocycles. The summed E-state index contributed by atoms with van der Waals surface area (Å²) >= 11 is 4.86. The van der Waals surface area contributed by atoms with Crippen LogP contribution in [0.15, 0.2) is 51.8 Å². The number of halogens is 1. The minimum atomic E-state index is -3.60. The van der Waals surface area contributed by atoms with Crippen molar-refractivity contribution in [2.45, 2.75) is 17.6 Å². The summed E-state index contributed by atoms with van der Waals surface area (Å²) in [5, 5.41) is 7.80. The van der Waals surface area contributed by atoms with Crippen LogP contribution in [-0.2, 0) is 20.6 Å². The lowest BCUT2D eigenvalue weighted by molar-refractivity contribution is -0.113. The molecule has 0 unspecified atom stereocenters. The zero-order valence-electron chi connectivity index (χ0n) is 13.0. The summed E-state index contributed by atoms with van der Waals surface area (Å²) in [7, 11) is -3.60. The number of rotatable bonds is 6. The summed E-state index contributed by atoms with van der Waals surface area (Å²) < 4.78 is 23.3. The Hall–Kier alpha value is -1.35. The van der Waals surface area contributed by atoms with E-state index >= 15 is 0 Å². The van der Waals surface area contributed by atoms with Gasteiger partial charge in [-0.1, -0.05) is 28.1 Å². The van der Waals surface area contributed by atoms with E-state index in [4.69, 9.17) is 5.14 Å². The Balaban J connectivity index is 1.96. The van der Waals surface area contributed by atoms with Crippen molar-refractivity contribution in [1.82, 2.24) is 0 Å². The van der Waals surface area contributed by atoms with Crippen molar-refractivity contribution in [1.29, 1.82) is 0 Å². The summed E-state index contributed by atoms with van der Waals surface area (Å²) in [6.07, 6.45) is 0. The molecule has 2 rings (SSSR count). The number of hydrogen-bond donors (Lipinski definition) is 2. The van der Waals surface area contributed by atoms with Gasteiger partial charge in [0.15, 0.2) is 0 Å². The van der Waals surface area contributed by atoms with Gasteiger partial charge >= 0.3 is 0 Å².